The number of aryl methyl sites for hydroxylation is 1. The Labute approximate surface area is 292 Å². The SMILES string of the molecule is C[C@@H]1[C@H](CSc2nncn2C)O[C@H](c2ccc(-c3ccccc3CNC(=O)[C@@H]3CCCN3C(=O)C(F)(F)F)cc2)O[C@@H]1c1ccc(CO)cc1. The first-order valence-corrected chi connectivity index (χ1v) is 17.3. The van der Waals surface area contributed by atoms with Crippen molar-refractivity contribution >= 4 is 23.6 Å². The van der Waals surface area contributed by atoms with Crippen molar-refractivity contribution in [2.24, 2.45) is 13.0 Å². The van der Waals surface area contributed by atoms with Crippen LogP contribution in [0, 0.1) is 5.92 Å². The zero-order chi connectivity index (χ0) is 35.4. The Morgan fingerprint density at radius 2 is 1.74 bits per heavy atom. The van der Waals surface area contributed by atoms with Crippen LogP contribution in [-0.2, 0) is 39.3 Å². The third kappa shape index (κ3) is 7.88. The molecule has 10 nitrogen and oxygen atoms in total. The lowest BCUT2D eigenvalue weighted by atomic mass is 9.91. The Hall–Kier alpha value is -4.24. The van der Waals surface area contributed by atoms with E-state index in [2.05, 4.69) is 22.4 Å². The van der Waals surface area contributed by atoms with Crippen LogP contribution in [0.3, 0.4) is 0 Å². The molecule has 264 valence electrons. The second-order valence-corrected chi connectivity index (χ2v) is 13.5. The number of hydrogen-bond donors (Lipinski definition) is 2. The normalized spacial score (nSPS) is 22.4. The maximum atomic E-state index is 13.1. The molecule has 1 aromatic heterocycles. The van der Waals surface area contributed by atoms with Crippen molar-refractivity contribution in [2.45, 2.75) is 68.8 Å². The molecule has 0 bridgehead atoms. The smallest absolute Gasteiger partial charge is 0.392 e. The van der Waals surface area contributed by atoms with Crippen LogP contribution < -0.4 is 5.32 Å². The van der Waals surface area contributed by atoms with E-state index in [1.54, 1.807) is 18.1 Å². The van der Waals surface area contributed by atoms with Gasteiger partial charge in [-0.1, -0.05) is 91.5 Å². The molecule has 3 aromatic carbocycles. The number of alkyl halides is 3. The third-order valence-electron chi connectivity index (χ3n) is 9.19. The number of carbonyl (C=O) groups is 2. The minimum atomic E-state index is -5.03. The molecule has 2 aliphatic rings. The van der Waals surface area contributed by atoms with Crippen molar-refractivity contribution in [3.05, 3.63) is 101 Å². The molecule has 3 heterocycles. The second-order valence-electron chi connectivity index (χ2n) is 12.5. The number of benzene rings is 3. The predicted molar refractivity (Wildman–Crippen MR) is 179 cm³/mol. The molecule has 2 amide bonds. The van der Waals surface area contributed by atoms with Gasteiger partial charge in [0.2, 0.25) is 5.91 Å². The van der Waals surface area contributed by atoms with Gasteiger partial charge in [0.1, 0.15) is 12.4 Å². The van der Waals surface area contributed by atoms with E-state index in [4.69, 9.17) is 9.47 Å². The molecule has 50 heavy (non-hydrogen) atoms. The molecule has 2 fully saturated rings. The van der Waals surface area contributed by atoms with Crippen LogP contribution in [0.1, 0.15) is 54.4 Å². The highest BCUT2D eigenvalue weighted by atomic mass is 32.2. The molecule has 0 aliphatic carbocycles. The fraction of sp³-hybridized carbons (Fsp3) is 0.389. The summed E-state index contributed by atoms with van der Waals surface area (Å²) in [6.07, 6.45) is -4.01. The Morgan fingerprint density at radius 3 is 2.42 bits per heavy atom. The van der Waals surface area contributed by atoms with Crippen LogP contribution in [0.25, 0.3) is 11.1 Å². The summed E-state index contributed by atoms with van der Waals surface area (Å²) in [5.41, 5.74) is 5.08. The van der Waals surface area contributed by atoms with Gasteiger partial charge >= 0.3 is 12.1 Å². The highest BCUT2D eigenvalue weighted by molar-refractivity contribution is 7.99. The maximum absolute atomic E-state index is 13.1. The van der Waals surface area contributed by atoms with Crippen LogP contribution >= 0.6 is 11.8 Å². The summed E-state index contributed by atoms with van der Waals surface area (Å²) >= 11 is 1.56. The minimum Gasteiger partial charge on any atom is -0.392 e. The van der Waals surface area contributed by atoms with E-state index in [-0.39, 0.29) is 44.2 Å². The monoisotopic (exact) mass is 709 g/mol. The van der Waals surface area contributed by atoms with Gasteiger partial charge in [-0.05, 0) is 40.7 Å². The number of aromatic nitrogens is 3. The van der Waals surface area contributed by atoms with E-state index in [9.17, 15) is 27.9 Å². The zero-order valence-corrected chi connectivity index (χ0v) is 28.4. The highest BCUT2D eigenvalue weighted by Gasteiger charge is 2.47. The summed E-state index contributed by atoms with van der Waals surface area (Å²) < 4.78 is 54.3. The largest absolute Gasteiger partial charge is 0.471 e. The maximum Gasteiger partial charge on any atom is 0.471 e. The number of nitrogens with zero attached hydrogens (tertiary/aromatic N) is 4. The highest BCUT2D eigenvalue weighted by Crippen LogP contribution is 2.43. The number of aliphatic hydroxyl groups is 1. The van der Waals surface area contributed by atoms with Crippen LogP contribution in [0.2, 0.25) is 0 Å². The van der Waals surface area contributed by atoms with Gasteiger partial charge in [-0.3, -0.25) is 9.59 Å². The van der Waals surface area contributed by atoms with Crippen molar-refractivity contribution in [2.75, 3.05) is 12.3 Å². The number of thioether (sulfide) groups is 1. The summed E-state index contributed by atoms with van der Waals surface area (Å²) in [5.74, 6) is -1.98. The van der Waals surface area contributed by atoms with Crippen molar-refractivity contribution in [3.8, 4) is 11.1 Å². The molecule has 0 unspecified atom stereocenters. The summed E-state index contributed by atoms with van der Waals surface area (Å²) in [6.45, 7) is 2.02. The van der Waals surface area contributed by atoms with Crippen molar-refractivity contribution in [3.63, 3.8) is 0 Å². The molecule has 4 aromatic rings. The minimum absolute atomic E-state index is 0.00351. The standard InChI is InChI=1S/C36H38F3N5O5S/c1-22-30(20-50-35-42-41-21-43(35)2)48-33(49-31(22)25-11-9-23(19-45)10-12-25)26-15-13-24(14-16-26)28-7-4-3-6-27(28)18-40-32(46)29-8-5-17-44(29)34(47)36(37,38)39/h3-4,6-7,9-16,21-22,29-31,33,45H,5,8,17-20H2,1-2H3,(H,40,46)/t22-,29+,30+,31+,33+/m1/s1. The molecular weight excluding hydrogens is 671 g/mol. The average molecular weight is 710 g/mol. The van der Waals surface area contributed by atoms with Crippen LogP contribution in [0.15, 0.2) is 84.3 Å². The Morgan fingerprint density at radius 1 is 1.02 bits per heavy atom. The number of halogens is 3. The summed E-state index contributed by atoms with van der Waals surface area (Å²) in [7, 11) is 1.89. The van der Waals surface area contributed by atoms with Gasteiger partial charge in [0.05, 0.1) is 18.8 Å². The van der Waals surface area contributed by atoms with E-state index in [0.717, 1.165) is 38.5 Å². The van der Waals surface area contributed by atoms with Gasteiger partial charge < -0.3 is 29.4 Å². The quantitative estimate of drug-likeness (QED) is 0.201. The molecule has 0 saturated carbocycles. The predicted octanol–water partition coefficient (Wildman–Crippen LogP) is 5.73. The van der Waals surface area contributed by atoms with E-state index in [0.29, 0.717) is 17.1 Å². The topological polar surface area (TPSA) is 119 Å². The Bertz CT molecular complexity index is 1790. The van der Waals surface area contributed by atoms with Crippen molar-refractivity contribution in [1.29, 1.82) is 0 Å². The third-order valence-corrected chi connectivity index (χ3v) is 10.3. The summed E-state index contributed by atoms with van der Waals surface area (Å²) in [4.78, 5) is 25.4. The molecule has 6 rings (SSSR count). The molecule has 2 aliphatic heterocycles. The second kappa shape index (κ2) is 15.3. The van der Waals surface area contributed by atoms with Crippen LogP contribution in [0.5, 0.6) is 0 Å². The molecular formula is C36H38F3N5O5S. The van der Waals surface area contributed by atoms with E-state index >= 15 is 0 Å². The van der Waals surface area contributed by atoms with Gasteiger partial charge in [-0.15, -0.1) is 10.2 Å². The Balaban J connectivity index is 1.18. The zero-order valence-electron chi connectivity index (χ0n) is 27.5. The molecule has 0 spiro atoms. The lowest BCUT2D eigenvalue weighted by Crippen LogP contribution is -2.50. The fourth-order valence-electron chi connectivity index (χ4n) is 6.39. The number of carbonyl (C=O) groups excluding carboxylic acids is 2. The van der Waals surface area contributed by atoms with Crippen molar-refractivity contribution in [1.82, 2.24) is 25.0 Å². The average Bonchev–Trinajstić information content (AvgIpc) is 3.79. The number of hydrogen-bond acceptors (Lipinski definition) is 8. The number of amides is 2. The van der Waals surface area contributed by atoms with Gasteiger partial charge in [0, 0.05) is 37.4 Å². The van der Waals surface area contributed by atoms with E-state index < -0.39 is 30.3 Å². The molecule has 5 atom stereocenters. The first-order chi connectivity index (χ1) is 24.0. The number of ether oxygens (including phenoxy) is 2. The fourth-order valence-corrected chi connectivity index (χ4v) is 7.44. The molecule has 0 radical (unpaired) electrons. The first-order valence-electron chi connectivity index (χ1n) is 16.3. The van der Waals surface area contributed by atoms with Gasteiger partial charge in [0.25, 0.3) is 0 Å². The van der Waals surface area contributed by atoms with E-state index in [1.165, 1.54) is 0 Å². The number of aliphatic hydroxyl groups excluding tert-OH is 1. The summed E-state index contributed by atoms with van der Waals surface area (Å²) in [5, 5.41) is 21.2. The molecule has 14 heteroatoms. The molecule has 2 N–H and O–H groups in total. The van der Waals surface area contributed by atoms with Crippen molar-refractivity contribution < 1.29 is 37.3 Å². The van der Waals surface area contributed by atoms with Gasteiger partial charge in [-0.2, -0.15) is 13.2 Å². The van der Waals surface area contributed by atoms with Gasteiger partial charge in [-0.25, -0.2) is 0 Å². The first kappa shape index (κ1) is 35.6. The molecule has 2 saturated heterocycles. The number of rotatable bonds is 10. The van der Waals surface area contributed by atoms with Crippen LogP contribution in [0.4, 0.5) is 13.2 Å². The summed E-state index contributed by atoms with van der Waals surface area (Å²) in [6, 6.07) is 21.8. The van der Waals surface area contributed by atoms with Gasteiger partial charge in [0.15, 0.2) is 11.4 Å². The number of likely N-dealkylation sites (tertiary alicyclic amines) is 1. The lowest BCUT2D eigenvalue weighted by molar-refractivity contribution is -0.268. The lowest BCUT2D eigenvalue weighted by Gasteiger charge is -2.41. The number of nitrogens with one attached hydrogen (secondary N) is 1. The Kier molecular flexibility index (Phi) is 10.9. The van der Waals surface area contributed by atoms with E-state index in [1.807, 2.05) is 84.4 Å². The van der Waals surface area contributed by atoms with Crippen LogP contribution in [-0.4, -0.2) is 67.2 Å².